The molecule has 2 aromatic rings. The molecule has 3 nitrogen and oxygen atoms in total. The van der Waals surface area contributed by atoms with Crippen molar-refractivity contribution in [3.05, 3.63) is 32.9 Å². The zero-order valence-electron chi connectivity index (χ0n) is 9.99. The van der Waals surface area contributed by atoms with Crippen LogP contribution in [0.1, 0.15) is 12.8 Å². The summed E-state index contributed by atoms with van der Waals surface area (Å²) in [6.45, 7) is 2.96. The lowest BCUT2D eigenvalue weighted by atomic mass is 9.98. The highest BCUT2D eigenvalue weighted by molar-refractivity contribution is 7.16. The topological polar surface area (TPSA) is 34.0 Å². The Morgan fingerprint density at radius 3 is 2.94 bits per heavy atom. The first kappa shape index (κ1) is 12.2. The Balaban J connectivity index is 1.95. The van der Waals surface area contributed by atoms with Gasteiger partial charge in [0.05, 0.1) is 10.2 Å². The summed E-state index contributed by atoms with van der Waals surface area (Å²) in [6, 6.07) is 5.69. The maximum atomic E-state index is 12.0. The molecule has 1 aromatic carbocycles. The second-order valence-electron chi connectivity index (χ2n) is 4.78. The van der Waals surface area contributed by atoms with E-state index in [4.69, 9.17) is 11.6 Å². The quantitative estimate of drug-likeness (QED) is 0.919. The maximum absolute atomic E-state index is 12.0. The molecule has 1 aliphatic rings. The van der Waals surface area contributed by atoms with Crippen LogP contribution in [0.3, 0.4) is 0 Å². The summed E-state index contributed by atoms with van der Waals surface area (Å²) in [5, 5.41) is 4.04. The highest BCUT2D eigenvalue weighted by Gasteiger charge is 2.16. The number of halogens is 1. The van der Waals surface area contributed by atoms with E-state index < -0.39 is 0 Å². The van der Waals surface area contributed by atoms with E-state index in [0.717, 1.165) is 42.7 Å². The molecule has 1 saturated heterocycles. The SMILES string of the molecule is O=c1sc2cc(Cl)ccc2n1CC1CCNCC1. The summed E-state index contributed by atoms with van der Waals surface area (Å²) < 4.78 is 2.90. The van der Waals surface area contributed by atoms with E-state index in [2.05, 4.69) is 5.32 Å². The number of hydrogen-bond acceptors (Lipinski definition) is 3. The second-order valence-corrected chi connectivity index (χ2v) is 6.21. The van der Waals surface area contributed by atoms with Crippen LogP contribution in [0.15, 0.2) is 23.0 Å². The number of piperidine rings is 1. The molecular weight excluding hydrogens is 268 g/mol. The molecule has 0 unspecified atom stereocenters. The summed E-state index contributed by atoms with van der Waals surface area (Å²) in [6.07, 6.45) is 2.30. The zero-order chi connectivity index (χ0) is 12.5. The number of nitrogens with one attached hydrogen (secondary N) is 1. The number of rotatable bonds is 2. The Morgan fingerprint density at radius 1 is 1.39 bits per heavy atom. The van der Waals surface area contributed by atoms with Gasteiger partial charge in [-0.2, -0.15) is 0 Å². The van der Waals surface area contributed by atoms with Gasteiger partial charge < -0.3 is 5.32 Å². The smallest absolute Gasteiger partial charge is 0.308 e. The van der Waals surface area contributed by atoms with Crippen LogP contribution in [0.5, 0.6) is 0 Å². The molecule has 18 heavy (non-hydrogen) atoms. The summed E-state index contributed by atoms with van der Waals surface area (Å²) in [5.74, 6) is 0.609. The number of hydrogen-bond donors (Lipinski definition) is 1. The molecule has 0 aliphatic carbocycles. The molecule has 0 amide bonds. The van der Waals surface area contributed by atoms with Crippen molar-refractivity contribution >= 4 is 33.2 Å². The van der Waals surface area contributed by atoms with Gasteiger partial charge in [0.2, 0.25) is 0 Å². The number of thiazole rings is 1. The average Bonchev–Trinajstić information content (AvgIpc) is 2.66. The molecule has 0 radical (unpaired) electrons. The molecule has 1 aromatic heterocycles. The summed E-state index contributed by atoms with van der Waals surface area (Å²) in [4.78, 5) is 12.2. The molecule has 1 fully saturated rings. The Labute approximate surface area is 114 Å². The molecule has 0 bridgehead atoms. The van der Waals surface area contributed by atoms with Crippen LogP contribution in [-0.4, -0.2) is 17.7 Å². The molecule has 2 heterocycles. The van der Waals surface area contributed by atoms with Crippen molar-refractivity contribution in [2.24, 2.45) is 5.92 Å². The number of aromatic nitrogens is 1. The Hall–Kier alpha value is -0.840. The fraction of sp³-hybridized carbons (Fsp3) is 0.462. The van der Waals surface area contributed by atoms with Crippen LogP contribution in [0.25, 0.3) is 10.2 Å². The van der Waals surface area contributed by atoms with Gasteiger partial charge in [-0.15, -0.1) is 0 Å². The molecule has 3 rings (SSSR count). The predicted octanol–water partition coefficient (Wildman–Crippen LogP) is 2.72. The van der Waals surface area contributed by atoms with Crippen molar-refractivity contribution in [3.8, 4) is 0 Å². The van der Waals surface area contributed by atoms with Crippen LogP contribution < -0.4 is 10.2 Å². The second kappa shape index (κ2) is 5.03. The van der Waals surface area contributed by atoms with Crippen molar-refractivity contribution in [2.75, 3.05) is 13.1 Å². The fourth-order valence-electron chi connectivity index (χ4n) is 2.54. The Bertz CT molecular complexity index is 613. The van der Waals surface area contributed by atoms with E-state index in [9.17, 15) is 4.79 Å². The van der Waals surface area contributed by atoms with Gasteiger partial charge in [-0.1, -0.05) is 22.9 Å². The lowest BCUT2D eigenvalue weighted by molar-refractivity contribution is 0.335. The van der Waals surface area contributed by atoms with Crippen molar-refractivity contribution in [1.82, 2.24) is 9.88 Å². The largest absolute Gasteiger partial charge is 0.317 e. The van der Waals surface area contributed by atoms with Gasteiger partial charge in [-0.25, -0.2) is 0 Å². The van der Waals surface area contributed by atoms with Gasteiger partial charge in [-0.05, 0) is 50.0 Å². The highest BCUT2D eigenvalue weighted by Crippen LogP contribution is 2.23. The number of benzene rings is 1. The maximum Gasteiger partial charge on any atom is 0.308 e. The van der Waals surface area contributed by atoms with Crippen molar-refractivity contribution in [1.29, 1.82) is 0 Å². The molecule has 1 aliphatic heterocycles. The zero-order valence-corrected chi connectivity index (χ0v) is 11.6. The predicted molar refractivity (Wildman–Crippen MR) is 76.7 cm³/mol. The van der Waals surface area contributed by atoms with E-state index in [0.29, 0.717) is 10.9 Å². The molecular formula is C13H15ClN2OS. The van der Waals surface area contributed by atoms with Crippen LogP contribution in [0.4, 0.5) is 0 Å². The third-order valence-electron chi connectivity index (χ3n) is 3.53. The standard InChI is InChI=1S/C13H15ClN2OS/c14-10-1-2-11-12(7-10)18-13(17)16(11)8-9-3-5-15-6-4-9/h1-2,7,9,15H,3-6,8H2. The van der Waals surface area contributed by atoms with Gasteiger partial charge in [-0.3, -0.25) is 9.36 Å². The Morgan fingerprint density at radius 2 is 2.17 bits per heavy atom. The first-order chi connectivity index (χ1) is 8.74. The van der Waals surface area contributed by atoms with E-state index in [1.165, 1.54) is 11.3 Å². The van der Waals surface area contributed by atoms with Crippen molar-refractivity contribution in [3.63, 3.8) is 0 Å². The minimum absolute atomic E-state index is 0.130. The first-order valence-electron chi connectivity index (χ1n) is 6.23. The van der Waals surface area contributed by atoms with Crippen LogP contribution >= 0.6 is 22.9 Å². The summed E-state index contributed by atoms with van der Waals surface area (Å²) in [5.41, 5.74) is 1.02. The first-order valence-corrected chi connectivity index (χ1v) is 7.43. The van der Waals surface area contributed by atoms with E-state index in [-0.39, 0.29) is 4.87 Å². The molecule has 0 atom stereocenters. The fourth-order valence-corrected chi connectivity index (χ4v) is 3.71. The number of fused-ring (bicyclic) bond motifs is 1. The van der Waals surface area contributed by atoms with Crippen molar-refractivity contribution < 1.29 is 0 Å². The molecule has 96 valence electrons. The minimum Gasteiger partial charge on any atom is -0.317 e. The van der Waals surface area contributed by atoms with Crippen molar-refractivity contribution in [2.45, 2.75) is 19.4 Å². The van der Waals surface area contributed by atoms with Crippen LogP contribution in [0.2, 0.25) is 5.02 Å². The molecule has 0 spiro atoms. The third-order valence-corrected chi connectivity index (χ3v) is 4.71. The van der Waals surface area contributed by atoms with Gasteiger partial charge in [0, 0.05) is 11.6 Å². The molecule has 0 saturated carbocycles. The third kappa shape index (κ3) is 2.32. The normalized spacial score (nSPS) is 17.4. The van der Waals surface area contributed by atoms with Gasteiger partial charge in [0.1, 0.15) is 0 Å². The van der Waals surface area contributed by atoms with Crippen LogP contribution in [-0.2, 0) is 6.54 Å². The van der Waals surface area contributed by atoms with E-state index in [1.807, 2.05) is 22.8 Å². The monoisotopic (exact) mass is 282 g/mol. The Kier molecular flexibility index (Phi) is 3.41. The van der Waals surface area contributed by atoms with Gasteiger partial charge >= 0.3 is 4.87 Å². The highest BCUT2D eigenvalue weighted by atomic mass is 35.5. The van der Waals surface area contributed by atoms with Gasteiger partial charge in [0.15, 0.2) is 0 Å². The minimum atomic E-state index is 0.130. The number of nitrogens with zero attached hydrogens (tertiary/aromatic N) is 1. The molecule has 5 heteroatoms. The summed E-state index contributed by atoms with van der Waals surface area (Å²) >= 11 is 7.25. The lowest BCUT2D eigenvalue weighted by Gasteiger charge is -2.22. The lowest BCUT2D eigenvalue weighted by Crippen LogP contribution is -2.31. The molecule has 1 N–H and O–H groups in total. The van der Waals surface area contributed by atoms with E-state index >= 15 is 0 Å². The average molecular weight is 283 g/mol. The van der Waals surface area contributed by atoms with Crippen LogP contribution in [0, 0.1) is 5.92 Å². The van der Waals surface area contributed by atoms with E-state index in [1.54, 1.807) is 0 Å². The van der Waals surface area contributed by atoms with Gasteiger partial charge in [0.25, 0.3) is 0 Å². The summed E-state index contributed by atoms with van der Waals surface area (Å²) in [7, 11) is 0.